The molecule has 1 aliphatic heterocycles. The third kappa shape index (κ3) is 2.95. The molecule has 1 aromatic heterocycles. The molecule has 2 aromatic carbocycles. The second kappa shape index (κ2) is 7.36. The van der Waals surface area contributed by atoms with Crippen molar-refractivity contribution in [3.8, 4) is 11.5 Å². The fourth-order valence-electron chi connectivity index (χ4n) is 4.11. The van der Waals surface area contributed by atoms with E-state index in [4.69, 9.17) is 14.1 Å². The predicted molar refractivity (Wildman–Crippen MR) is 112 cm³/mol. The molecule has 4 rings (SSSR count). The van der Waals surface area contributed by atoms with E-state index in [1.165, 1.54) is 5.56 Å². The fourth-order valence-corrected chi connectivity index (χ4v) is 4.11. The third-order valence-corrected chi connectivity index (χ3v) is 5.63. The summed E-state index contributed by atoms with van der Waals surface area (Å²) in [7, 11) is 6.76. The third-order valence-electron chi connectivity index (χ3n) is 5.63. The van der Waals surface area contributed by atoms with Crippen molar-refractivity contribution in [1.82, 2.24) is 10.3 Å². The van der Waals surface area contributed by atoms with Crippen molar-refractivity contribution in [2.75, 3.05) is 44.7 Å². The SMILES string of the molecule is COc1cc2c(cc1OC)C(C)N(c1cc(N(C)C)c([N+](=O)[O-])c3nonc13)CC2. The van der Waals surface area contributed by atoms with Crippen LogP contribution in [0.1, 0.15) is 24.1 Å². The van der Waals surface area contributed by atoms with E-state index in [1.807, 2.05) is 12.1 Å². The predicted octanol–water partition coefficient (Wildman–Crippen LogP) is 3.34. The lowest BCUT2D eigenvalue weighted by molar-refractivity contribution is -0.382. The number of nitrogens with zero attached hydrogens (tertiary/aromatic N) is 5. The van der Waals surface area contributed by atoms with E-state index in [-0.39, 0.29) is 17.2 Å². The molecule has 3 aromatic rings. The minimum Gasteiger partial charge on any atom is -0.493 e. The van der Waals surface area contributed by atoms with E-state index in [9.17, 15) is 10.1 Å². The summed E-state index contributed by atoms with van der Waals surface area (Å²) in [5, 5.41) is 19.5. The fraction of sp³-hybridized carbons (Fsp3) is 0.400. The summed E-state index contributed by atoms with van der Waals surface area (Å²) in [6.07, 6.45) is 0.779. The Kier molecular flexibility index (Phi) is 4.84. The second-order valence-corrected chi connectivity index (χ2v) is 7.40. The smallest absolute Gasteiger partial charge is 0.323 e. The zero-order valence-corrected chi connectivity index (χ0v) is 17.5. The van der Waals surface area contributed by atoms with Crippen molar-refractivity contribution in [3.05, 3.63) is 39.4 Å². The molecule has 0 aliphatic carbocycles. The first-order valence-corrected chi connectivity index (χ1v) is 9.49. The topological polar surface area (TPSA) is 107 Å². The number of nitro benzene ring substituents is 1. The van der Waals surface area contributed by atoms with Gasteiger partial charge in [-0.3, -0.25) is 10.1 Å². The lowest BCUT2D eigenvalue weighted by atomic mass is 9.92. The van der Waals surface area contributed by atoms with Crippen LogP contribution in [0.4, 0.5) is 17.1 Å². The summed E-state index contributed by atoms with van der Waals surface area (Å²) >= 11 is 0. The van der Waals surface area contributed by atoms with E-state index >= 15 is 0 Å². The van der Waals surface area contributed by atoms with Crippen LogP contribution in [0.2, 0.25) is 0 Å². The van der Waals surface area contributed by atoms with Crippen molar-refractivity contribution >= 4 is 28.1 Å². The van der Waals surface area contributed by atoms with E-state index in [0.717, 1.165) is 17.7 Å². The normalized spacial score (nSPS) is 15.8. The average molecular weight is 413 g/mol. The molecule has 30 heavy (non-hydrogen) atoms. The Bertz CT molecular complexity index is 1130. The quantitative estimate of drug-likeness (QED) is 0.460. The van der Waals surface area contributed by atoms with Crippen LogP contribution in [0.15, 0.2) is 22.8 Å². The monoisotopic (exact) mass is 413 g/mol. The van der Waals surface area contributed by atoms with Gasteiger partial charge in [-0.05, 0) is 53.0 Å². The van der Waals surface area contributed by atoms with E-state index in [2.05, 4.69) is 22.1 Å². The molecule has 0 fully saturated rings. The summed E-state index contributed by atoms with van der Waals surface area (Å²) in [5.74, 6) is 1.36. The number of benzene rings is 2. The van der Waals surface area contributed by atoms with Gasteiger partial charge in [0.15, 0.2) is 17.0 Å². The first kappa shape index (κ1) is 19.7. The standard InChI is InChI=1S/C20H23N5O5/c1-11-13-9-17(29-5)16(28-4)8-12(13)6-7-24(11)14-10-15(23(2)3)20(25(26)27)19-18(14)21-30-22-19/h8-11H,6-7H2,1-5H3. The highest BCUT2D eigenvalue weighted by Gasteiger charge is 2.33. The Hall–Kier alpha value is -3.56. The number of anilines is 2. The van der Waals surface area contributed by atoms with Crippen LogP contribution in [0.25, 0.3) is 11.0 Å². The van der Waals surface area contributed by atoms with Crippen LogP contribution >= 0.6 is 0 Å². The first-order valence-electron chi connectivity index (χ1n) is 9.49. The molecule has 0 saturated heterocycles. The Labute approximate surface area is 173 Å². The number of methoxy groups -OCH3 is 2. The van der Waals surface area contributed by atoms with Crippen LogP contribution in [0.5, 0.6) is 11.5 Å². The molecular formula is C20H23N5O5. The molecule has 1 unspecified atom stereocenters. The van der Waals surface area contributed by atoms with Crippen LogP contribution < -0.4 is 19.3 Å². The van der Waals surface area contributed by atoms with Gasteiger partial charge in [0.2, 0.25) is 5.52 Å². The summed E-state index contributed by atoms with van der Waals surface area (Å²) in [5.41, 5.74) is 3.89. The maximum atomic E-state index is 11.7. The lowest BCUT2D eigenvalue weighted by Gasteiger charge is -2.37. The van der Waals surface area contributed by atoms with Crippen LogP contribution in [0, 0.1) is 10.1 Å². The van der Waals surface area contributed by atoms with Gasteiger partial charge in [-0.25, -0.2) is 4.63 Å². The Balaban J connectivity index is 1.87. The molecule has 1 atom stereocenters. The van der Waals surface area contributed by atoms with E-state index in [1.54, 1.807) is 39.3 Å². The van der Waals surface area contributed by atoms with Crippen molar-refractivity contribution < 1.29 is 19.0 Å². The molecule has 2 heterocycles. The molecule has 0 N–H and O–H groups in total. The number of hydrogen-bond donors (Lipinski definition) is 0. The highest BCUT2D eigenvalue weighted by molar-refractivity contribution is 6.00. The van der Waals surface area contributed by atoms with Crippen LogP contribution in [-0.2, 0) is 6.42 Å². The molecule has 0 saturated carbocycles. The Morgan fingerprint density at radius 1 is 1.17 bits per heavy atom. The molecule has 10 nitrogen and oxygen atoms in total. The van der Waals surface area contributed by atoms with Crippen molar-refractivity contribution in [2.24, 2.45) is 0 Å². The first-order chi connectivity index (χ1) is 14.4. The Morgan fingerprint density at radius 2 is 1.83 bits per heavy atom. The van der Waals surface area contributed by atoms with Gasteiger partial charge in [-0.2, -0.15) is 0 Å². The Morgan fingerprint density at radius 3 is 2.47 bits per heavy atom. The van der Waals surface area contributed by atoms with Crippen molar-refractivity contribution in [3.63, 3.8) is 0 Å². The molecule has 0 amide bonds. The molecule has 10 heteroatoms. The number of hydrogen-bond acceptors (Lipinski definition) is 9. The minimum atomic E-state index is -0.447. The maximum absolute atomic E-state index is 11.7. The number of fused-ring (bicyclic) bond motifs is 2. The van der Waals surface area contributed by atoms with Gasteiger partial charge in [0, 0.05) is 20.6 Å². The van der Waals surface area contributed by atoms with Crippen LogP contribution in [-0.4, -0.2) is 50.1 Å². The lowest BCUT2D eigenvalue weighted by Crippen LogP contribution is -2.34. The summed E-state index contributed by atoms with van der Waals surface area (Å²) in [6, 6.07) is 5.76. The van der Waals surface area contributed by atoms with Crippen molar-refractivity contribution in [2.45, 2.75) is 19.4 Å². The second-order valence-electron chi connectivity index (χ2n) is 7.40. The van der Waals surface area contributed by atoms with Gasteiger partial charge < -0.3 is 19.3 Å². The number of ether oxygens (including phenoxy) is 2. The van der Waals surface area contributed by atoms with Gasteiger partial charge in [0.1, 0.15) is 5.69 Å². The molecule has 0 spiro atoms. The summed E-state index contributed by atoms with van der Waals surface area (Å²) in [4.78, 5) is 15.1. The van der Waals surface area contributed by atoms with Crippen molar-refractivity contribution in [1.29, 1.82) is 0 Å². The van der Waals surface area contributed by atoms with Gasteiger partial charge in [-0.1, -0.05) is 0 Å². The molecular weight excluding hydrogens is 390 g/mol. The zero-order valence-electron chi connectivity index (χ0n) is 17.5. The number of rotatable bonds is 5. The highest BCUT2D eigenvalue weighted by atomic mass is 16.6. The maximum Gasteiger partial charge on any atom is 0.323 e. The van der Waals surface area contributed by atoms with E-state index in [0.29, 0.717) is 29.2 Å². The van der Waals surface area contributed by atoms with Gasteiger partial charge in [0.05, 0.1) is 30.9 Å². The number of aromatic nitrogens is 2. The van der Waals surface area contributed by atoms with Gasteiger partial charge >= 0.3 is 5.69 Å². The summed E-state index contributed by atoms with van der Waals surface area (Å²) in [6.45, 7) is 2.79. The average Bonchev–Trinajstić information content (AvgIpc) is 3.21. The van der Waals surface area contributed by atoms with Gasteiger partial charge in [-0.15, -0.1) is 0 Å². The molecule has 1 aliphatic rings. The minimum absolute atomic E-state index is 0.0232. The number of nitro groups is 1. The molecule has 0 bridgehead atoms. The molecule has 0 radical (unpaired) electrons. The molecule has 158 valence electrons. The van der Waals surface area contributed by atoms with Gasteiger partial charge in [0.25, 0.3) is 0 Å². The largest absolute Gasteiger partial charge is 0.493 e. The summed E-state index contributed by atoms with van der Waals surface area (Å²) < 4.78 is 15.8. The van der Waals surface area contributed by atoms with E-state index < -0.39 is 4.92 Å². The highest BCUT2D eigenvalue weighted by Crippen LogP contribution is 2.44. The van der Waals surface area contributed by atoms with Crippen LogP contribution in [0.3, 0.4) is 0 Å². The zero-order chi connectivity index (χ0) is 21.6.